The lowest BCUT2D eigenvalue weighted by Crippen LogP contribution is -2.58. The molecule has 2 aromatic heterocycles. The number of fused-ring (bicyclic) bond motifs is 1. The Labute approximate surface area is 223 Å². The zero-order valence-corrected chi connectivity index (χ0v) is 21.3. The molecular formula is C27H25ClFN7O2. The number of hydrogen-bond acceptors (Lipinski definition) is 7. The van der Waals surface area contributed by atoms with Crippen LogP contribution in [0, 0.1) is 5.82 Å². The van der Waals surface area contributed by atoms with Gasteiger partial charge in [-0.05, 0) is 54.1 Å². The van der Waals surface area contributed by atoms with Crippen LogP contribution < -0.4 is 20.9 Å². The number of nitrogens with one attached hydrogen (secondary N) is 3. The summed E-state index contributed by atoms with van der Waals surface area (Å²) in [5, 5.41) is 9.53. The number of rotatable bonds is 6. The lowest BCUT2D eigenvalue weighted by molar-refractivity contribution is -0.122. The normalized spacial score (nSPS) is 15.3. The molecule has 38 heavy (non-hydrogen) atoms. The first-order valence-corrected chi connectivity index (χ1v) is 12.5. The van der Waals surface area contributed by atoms with Crippen LogP contribution in [0.25, 0.3) is 22.3 Å². The predicted octanol–water partition coefficient (Wildman–Crippen LogP) is 3.54. The monoisotopic (exact) mass is 533 g/mol. The number of carbonyl (C=O) groups excluding carboxylic acids is 2. The van der Waals surface area contributed by atoms with Gasteiger partial charge in [0.1, 0.15) is 17.4 Å². The molecule has 194 valence electrons. The van der Waals surface area contributed by atoms with E-state index in [0.29, 0.717) is 53.7 Å². The molecule has 9 nitrogen and oxygen atoms in total. The van der Waals surface area contributed by atoms with E-state index in [1.54, 1.807) is 36.4 Å². The molecule has 0 saturated carbocycles. The molecule has 1 fully saturated rings. The summed E-state index contributed by atoms with van der Waals surface area (Å²) in [4.78, 5) is 40.9. The van der Waals surface area contributed by atoms with E-state index >= 15 is 0 Å². The molecule has 3 heterocycles. The second kappa shape index (κ2) is 11.1. The highest BCUT2D eigenvalue weighted by molar-refractivity contribution is 6.30. The molecule has 1 saturated heterocycles. The minimum atomic E-state index is -0.587. The maximum absolute atomic E-state index is 13.5. The molecule has 2 amide bonds. The SMILES string of the molecule is CC(=O)Nc1nc(N2CCNCC2C(=O)NCc2ccc(Cl)cc2)c2nc(-c3ccc(F)cc3)ccc2n1. The molecule has 0 radical (unpaired) electrons. The molecule has 4 aromatic rings. The van der Waals surface area contributed by atoms with Crippen LogP contribution in [0.15, 0.2) is 60.7 Å². The second-order valence-electron chi connectivity index (χ2n) is 8.88. The van der Waals surface area contributed by atoms with Crippen molar-refractivity contribution in [2.75, 3.05) is 29.9 Å². The van der Waals surface area contributed by atoms with Gasteiger partial charge in [-0.25, -0.2) is 14.4 Å². The standard InChI is InChI=1S/C27H25ClFN7O2/c1-16(37)32-27-34-22-11-10-21(18-4-8-20(29)9-5-18)33-24(22)25(35-27)36-13-12-30-15-23(36)26(38)31-14-17-2-6-19(28)7-3-17/h2-11,23,30H,12-15H2,1H3,(H,31,38)(H,32,34,35,37). The van der Waals surface area contributed by atoms with Crippen LogP contribution in [-0.2, 0) is 16.1 Å². The molecule has 1 aliphatic rings. The average molecular weight is 534 g/mol. The highest BCUT2D eigenvalue weighted by Crippen LogP contribution is 2.29. The van der Waals surface area contributed by atoms with Crippen molar-refractivity contribution >= 4 is 46.2 Å². The van der Waals surface area contributed by atoms with E-state index < -0.39 is 6.04 Å². The smallest absolute Gasteiger partial charge is 0.244 e. The third-order valence-corrected chi connectivity index (χ3v) is 6.40. The van der Waals surface area contributed by atoms with Gasteiger partial charge in [0.25, 0.3) is 0 Å². The zero-order valence-electron chi connectivity index (χ0n) is 20.5. The van der Waals surface area contributed by atoms with Gasteiger partial charge in [-0.1, -0.05) is 23.7 Å². The summed E-state index contributed by atoms with van der Waals surface area (Å²) >= 11 is 5.97. The van der Waals surface area contributed by atoms with Crippen LogP contribution in [0.5, 0.6) is 0 Å². The summed E-state index contributed by atoms with van der Waals surface area (Å²) in [6.07, 6.45) is 0. The number of nitrogens with zero attached hydrogens (tertiary/aromatic N) is 4. The Kier molecular flexibility index (Phi) is 7.43. The summed E-state index contributed by atoms with van der Waals surface area (Å²) in [5.41, 5.74) is 3.22. The molecular weight excluding hydrogens is 509 g/mol. The summed E-state index contributed by atoms with van der Waals surface area (Å²) in [6, 6.07) is 16.3. The molecule has 0 aliphatic carbocycles. The summed E-state index contributed by atoms with van der Waals surface area (Å²) in [7, 11) is 0. The fraction of sp³-hybridized carbons (Fsp3) is 0.222. The number of benzene rings is 2. The Balaban J connectivity index is 1.52. The first-order chi connectivity index (χ1) is 18.4. The number of anilines is 2. The van der Waals surface area contributed by atoms with Crippen LogP contribution >= 0.6 is 11.6 Å². The average Bonchev–Trinajstić information content (AvgIpc) is 2.92. The Hall–Kier alpha value is -4.15. The molecule has 5 rings (SSSR count). The van der Waals surface area contributed by atoms with Crippen molar-refractivity contribution < 1.29 is 14.0 Å². The van der Waals surface area contributed by atoms with Crippen molar-refractivity contribution in [3.8, 4) is 11.3 Å². The van der Waals surface area contributed by atoms with Gasteiger partial charge in [-0.3, -0.25) is 14.9 Å². The molecule has 0 spiro atoms. The Morgan fingerprint density at radius 1 is 1.05 bits per heavy atom. The number of piperazine rings is 1. The van der Waals surface area contributed by atoms with E-state index in [1.807, 2.05) is 17.0 Å². The lowest BCUT2D eigenvalue weighted by Gasteiger charge is -2.36. The molecule has 11 heteroatoms. The van der Waals surface area contributed by atoms with Gasteiger partial charge in [0.15, 0.2) is 5.82 Å². The summed E-state index contributed by atoms with van der Waals surface area (Å²) in [6.45, 7) is 3.22. The molecule has 3 N–H and O–H groups in total. The van der Waals surface area contributed by atoms with Crippen molar-refractivity contribution in [2.45, 2.75) is 19.5 Å². The van der Waals surface area contributed by atoms with Crippen molar-refractivity contribution in [1.29, 1.82) is 0 Å². The summed E-state index contributed by atoms with van der Waals surface area (Å²) < 4.78 is 13.5. The van der Waals surface area contributed by atoms with Crippen LogP contribution in [0.2, 0.25) is 5.02 Å². The maximum atomic E-state index is 13.5. The number of amides is 2. The molecule has 1 aliphatic heterocycles. The summed E-state index contributed by atoms with van der Waals surface area (Å²) in [5.74, 6) is -0.295. The van der Waals surface area contributed by atoms with Crippen molar-refractivity contribution in [1.82, 2.24) is 25.6 Å². The first-order valence-electron chi connectivity index (χ1n) is 12.1. The quantitative estimate of drug-likeness (QED) is 0.347. The highest BCUT2D eigenvalue weighted by atomic mass is 35.5. The molecule has 1 atom stereocenters. The van der Waals surface area contributed by atoms with Crippen molar-refractivity contribution in [3.05, 3.63) is 77.1 Å². The van der Waals surface area contributed by atoms with Gasteiger partial charge in [0, 0.05) is 43.7 Å². The number of halogens is 2. The largest absolute Gasteiger partial charge is 0.350 e. The first kappa shape index (κ1) is 25.5. The van der Waals surface area contributed by atoms with Gasteiger partial charge < -0.3 is 15.5 Å². The predicted molar refractivity (Wildman–Crippen MR) is 144 cm³/mol. The van der Waals surface area contributed by atoms with Gasteiger partial charge in [0.2, 0.25) is 17.8 Å². The molecule has 2 aromatic carbocycles. The van der Waals surface area contributed by atoms with E-state index in [9.17, 15) is 14.0 Å². The van der Waals surface area contributed by atoms with E-state index in [0.717, 1.165) is 11.1 Å². The third kappa shape index (κ3) is 5.71. The van der Waals surface area contributed by atoms with E-state index in [2.05, 4.69) is 25.9 Å². The van der Waals surface area contributed by atoms with Gasteiger partial charge >= 0.3 is 0 Å². The Morgan fingerprint density at radius 2 is 1.82 bits per heavy atom. The fourth-order valence-corrected chi connectivity index (χ4v) is 4.42. The third-order valence-electron chi connectivity index (χ3n) is 6.15. The van der Waals surface area contributed by atoms with Crippen LogP contribution in [0.1, 0.15) is 12.5 Å². The second-order valence-corrected chi connectivity index (χ2v) is 9.32. The Morgan fingerprint density at radius 3 is 2.55 bits per heavy atom. The van der Waals surface area contributed by atoms with Crippen molar-refractivity contribution in [3.63, 3.8) is 0 Å². The van der Waals surface area contributed by atoms with Crippen LogP contribution in [0.4, 0.5) is 16.2 Å². The number of hydrogen-bond donors (Lipinski definition) is 3. The topological polar surface area (TPSA) is 112 Å². The lowest BCUT2D eigenvalue weighted by atomic mass is 10.1. The van der Waals surface area contributed by atoms with Gasteiger partial charge in [-0.2, -0.15) is 4.98 Å². The van der Waals surface area contributed by atoms with E-state index in [1.165, 1.54) is 19.1 Å². The number of carbonyl (C=O) groups is 2. The van der Waals surface area contributed by atoms with E-state index in [-0.39, 0.29) is 23.6 Å². The number of aromatic nitrogens is 3. The maximum Gasteiger partial charge on any atom is 0.244 e. The minimum absolute atomic E-state index is 0.121. The van der Waals surface area contributed by atoms with E-state index in [4.69, 9.17) is 16.6 Å². The minimum Gasteiger partial charge on any atom is -0.350 e. The van der Waals surface area contributed by atoms with Crippen molar-refractivity contribution in [2.24, 2.45) is 0 Å². The van der Waals surface area contributed by atoms with Gasteiger partial charge in [0.05, 0.1) is 11.2 Å². The van der Waals surface area contributed by atoms with Gasteiger partial charge in [-0.15, -0.1) is 0 Å². The number of pyridine rings is 1. The Bertz CT molecular complexity index is 1480. The highest BCUT2D eigenvalue weighted by Gasteiger charge is 2.32. The zero-order chi connectivity index (χ0) is 26.6. The molecule has 1 unspecified atom stereocenters. The molecule has 0 bridgehead atoms. The van der Waals surface area contributed by atoms with Crippen LogP contribution in [-0.4, -0.2) is 52.4 Å². The van der Waals surface area contributed by atoms with Crippen LogP contribution in [0.3, 0.4) is 0 Å². The fourth-order valence-electron chi connectivity index (χ4n) is 4.30.